The minimum Gasteiger partial charge on any atom is -0.329 e. The van der Waals surface area contributed by atoms with Crippen molar-refractivity contribution in [3.63, 3.8) is 0 Å². The highest BCUT2D eigenvalue weighted by Crippen LogP contribution is 1.94. The fourth-order valence-electron chi connectivity index (χ4n) is 1.07. The molecule has 14 heavy (non-hydrogen) atoms. The van der Waals surface area contributed by atoms with E-state index < -0.39 is 0 Å². The SMILES string of the molecule is CN(CCN)CC(=O)c1cnccn1. The maximum absolute atomic E-state index is 11.5. The Labute approximate surface area is 83.0 Å². The van der Waals surface area contributed by atoms with Crippen LogP contribution in [0.15, 0.2) is 18.6 Å². The number of carbonyl (C=O) groups excluding carboxylic acids is 1. The largest absolute Gasteiger partial charge is 0.329 e. The summed E-state index contributed by atoms with van der Waals surface area (Å²) >= 11 is 0. The van der Waals surface area contributed by atoms with Crippen LogP contribution in [0.5, 0.6) is 0 Å². The van der Waals surface area contributed by atoms with Gasteiger partial charge in [-0.15, -0.1) is 0 Å². The molecule has 0 saturated carbocycles. The van der Waals surface area contributed by atoms with Crippen molar-refractivity contribution >= 4 is 5.78 Å². The zero-order valence-electron chi connectivity index (χ0n) is 8.18. The van der Waals surface area contributed by atoms with Gasteiger partial charge in [-0.2, -0.15) is 0 Å². The highest BCUT2D eigenvalue weighted by atomic mass is 16.1. The molecule has 0 aliphatic rings. The Morgan fingerprint density at radius 3 is 2.93 bits per heavy atom. The van der Waals surface area contributed by atoms with E-state index in [4.69, 9.17) is 5.73 Å². The van der Waals surface area contributed by atoms with Gasteiger partial charge in [0.05, 0.1) is 12.7 Å². The fourth-order valence-corrected chi connectivity index (χ4v) is 1.07. The van der Waals surface area contributed by atoms with Crippen molar-refractivity contribution in [2.75, 3.05) is 26.7 Å². The molecule has 0 aliphatic carbocycles. The van der Waals surface area contributed by atoms with Crippen LogP contribution >= 0.6 is 0 Å². The highest BCUT2D eigenvalue weighted by Gasteiger charge is 2.09. The summed E-state index contributed by atoms with van der Waals surface area (Å²) in [7, 11) is 1.85. The van der Waals surface area contributed by atoms with Crippen molar-refractivity contribution in [3.05, 3.63) is 24.3 Å². The first kappa shape index (κ1) is 10.7. The fraction of sp³-hybridized carbons (Fsp3) is 0.444. The van der Waals surface area contributed by atoms with Gasteiger partial charge in [0.1, 0.15) is 5.69 Å². The zero-order chi connectivity index (χ0) is 10.4. The number of rotatable bonds is 5. The second kappa shape index (κ2) is 5.41. The molecule has 0 saturated heterocycles. The Bertz CT molecular complexity index is 288. The standard InChI is InChI=1S/C9H14N4O/c1-13(5-2-10)7-9(14)8-6-11-3-4-12-8/h3-4,6H,2,5,7,10H2,1H3. The zero-order valence-corrected chi connectivity index (χ0v) is 8.18. The van der Waals surface area contributed by atoms with E-state index in [1.54, 1.807) is 6.20 Å². The van der Waals surface area contributed by atoms with E-state index >= 15 is 0 Å². The van der Waals surface area contributed by atoms with Crippen molar-refractivity contribution < 1.29 is 4.79 Å². The molecule has 1 aromatic heterocycles. The van der Waals surface area contributed by atoms with Crippen LogP contribution in [-0.2, 0) is 0 Å². The third kappa shape index (κ3) is 3.20. The maximum atomic E-state index is 11.5. The number of nitrogens with zero attached hydrogens (tertiary/aromatic N) is 3. The third-order valence-electron chi connectivity index (χ3n) is 1.77. The molecule has 1 rings (SSSR count). The van der Waals surface area contributed by atoms with Gasteiger partial charge in [0.2, 0.25) is 0 Å². The molecule has 0 atom stereocenters. The Kier molecular flexibility index (Phi) is 4.15. The van der Waals surface area contributed by atoms with Gasteiger partial charge in [-0.05, 0) is 7.05 Å². The molecule has 0 aliphatic heterocycles. The van der Waals surface area contributed by atoms with Crippen LogP contribution in [0.1, 0.15) is 10.5 Å². The lowest BCUT2D eigenvalue weighted by atomic mass is 10.3. The summed E-state index contributed by atoms with van der Waals surface area (Å²) in [5, 5.41) is 0. The second-order valence-electron chi connectivity index (χ2n) is 3.04. The summed E-state index contributed by atoms with van der Waals surface area (Å²) in [6, 6.07) is 0. The average Bonchev–Trinajstić information content (AvgIpc) is 2.19. The van der Waals surface area contributed by atoms with E-state index in [1.807, 2.05) is 11.9 Å². The summed E-state index contributed by atoms with van der Waals surface area (Å²) in [5.41, 5.74) is 5.76. The summed E-state index contributed by atoms with van der Waals surface area (Å²) in [5.74, 6) is -0.0333. The number of carbonyl (C=O) groups is 1. The summed E-state index contributed by atoms with van der Waals surface area (Å²) < 4.78 is 0. The predicted octanol–water partition coefficient (Wildman–Crippen LogP) is -0.450. The Morgan fingerprint density at radius 2 is 2.36 bits per heavy atom. The molecule has 5 heteroatoms. The van der Waals surface area contributed by atoms with Crippen LogP contribution in [0.25, 0.3) is 0 Å². The molecule has 0 radical (unpaired) electrons. The smallest absolute Gasteiger partial charge is 0.196 e. The molecule has 0 fully saturated rings. The summed E-state index contributed by atoms with van der Waals surface area (Å²) in [4.78, 5) is 21.2. The first-order chi connectivity index (χ1) is 6.74. The van der Waals surface area contributed by atoms with E-state index in [0.717, 1.165) is 0 Å². The van der Waals surface area contributed by atoms with Gasteiger partial charge in [0, 0.05) is 25.5 Å². The van der Waals surface area contributed by atoms with E-state index in [2.05, 4.69) is 9.97 Å². The molecule has 0 amide bonds. The van der Waals surface area contributed by atoms with Crippen LogP contribution in [-0.4, -0.2) is 47.3 Å². The number of aromatic nitrogens is 2. The van der Waals surface area contributed by atoms with Crippen LogP contribution in [0.4, 0.5) is 0 Å². The van der Waals surface area contributed by atoms with E-state index in [1.165, 1.54) is 12.4 Å². The third-order valence-corrected chi connectivity index (χ3v) is 1.77. The predicted molar refractivity (Wildman–Crippen MR) is 52.9 cm³/mol. The molecule has 5 nitrogen and oxygen atoms in total. The van der Waals surface area contributed by atoms with Crippen molar-refractivity contribution in [1.29, 1.82) is 0 Å². The number of Topliss-reactive ketones (excluding diaryl/α,β-unsaturated/α-hetero) is 1. The summed E-state index contributed by atoms with van der Waals surface area (Å²) in [6.07, 6.45) is 4.52. The molecule has 0 bridgehead atoms. The lowest BCUT2D eigenvalue weighted by Gasteiger charge is -2.13. The molecule has 0 spiro atoms. The monoisotopic (exact) mass is 194 g/mol. The van der Waals surface area contributed by atoms with E-state index in [-0.39, 0.29) is 5.78 Å². The van der Waals surface area contributed by atoms with Gasteiger partial charge in [0.25, 0.3) is 0 Å². The normalized spacial score (nSPS) is 10.5. The molecule has 76 valence electrons. The van der Waals surface area contributed by atoms with Crippen molar-refractivity contribution in [3.8, 4) is 0 Å². The van der Waals surface area contributed by atoms with Crippen molar-refractivity contribution in [1.82, 2.24) is 14.9 Å². The Balaban J connectivity index is 2.51. The number of ketones is 1. The molecule has 0 unspecified atom stereocenters. The minimum absolute atomic E-state index is 0.0333. The molecule has 1 heterocycles. The first-order valence-electron chi connectivity index (χ1n) is 4.42. The van der Waals surface area contributed by atoms with Crippen LogP contribution < -0.4 is 5.73 Å². The average molecular weight is 194 g/mol. The van der Waals surface area contributed by atoms with Gasteiger partial charge < -0.3 is 5.73 Å². The number of hydrogen-bond acceptors (Lipinski definition) is 5. The van der Waals surface area contributed by atoms with Crippen LogP contribution in [0.2, 0.25) is 0 Å². The van der Waals surface area contributed by atoms with Gasteiger partial charge in [-0.25, -0.2) is 4.98 Å². The number of nitrogens with two attached hydrogens (primary N) is 1. The topological polar surface area (TPSA) is 72.1 Å². The Hall–Kier alpha value is -1.33. The minimum atomic E-state index is -0.0333. The quantitative estimate of drug-likeness (QED) is 0.643. The first-order valence-corrected chi connectivity index (χ1v) is 4.42. The van der Waals surface area contributed by atoms with Crippen molar-refractivity contribution in [2.24, 2.45) is 5.73 Å². The molecule has 1 aromatic rings. The van der Waals surface area contributed by atoms with E-state index in [9.17, 15) is 4.79 Å². The number of likely N-dealkylation sites (N-methyl/N-ethyl adjacent to an activating group) is 1. The van der Waals surface area contributed by atoms with Gasteiger partial charge >= 0.3 is 0 Å². The van der Waals surface area contributed by atoms with Crippen LogP contribution in [0, 0.1) is 0 Å². The highest BCUT2D eigenvalue weighted by molar-refractivity contribution is 5.95. The van der Waals surface area contributed by atoms with Gasteiger partial charge in [-0.3, -0.25) is 14.7 Å². The Morgan fingerprint density at radius 1 is 1.57 bits per heavy atom. The van der Waals surface area contributed by atoms with Gasteiger partial charge in [0.15, 0.2) is 5.78 Å². The number of hydrogen-bond donors (Lipinski definition) is 1. The second-order valence-corrected chi connectivity index (χ2v) is 3.04. The lowest BCUT2D eigenvalue weighted by Crippen LogP contribution is -2.31. The van der Waals surface area contributed by atoms with Crippen molar-refractivity contribution in [2.45, 2.75) is 0 Å². The molecule has 2 N–H and O–H groups in total. The maximum Gasteiger partial charge on any atom is 0.196 e. The molecule has 0 aromatic carbocycles. The lowest BCUT2D eigenvalue weighted by molar-refractivity contribution is 0.0942. The van der Waals surface area contributed by atoms with Crippen LogP contribution in [0.3, 0.4) is 0 Å². The van der Waals surface area contributed by atoms with Gasteiger partial charge in [-0.1, -0.05) is 0 Å². The van der Waals surface area contributed by atoms with E-state index in [0.29, 0.717) is 25.3 Å². The summed E-state index contributed by atoms with van der Waals surface area (Å²) in [6.45, 7) is 1.58. The molecular weight excluding hydrogens is 180 g/mol. The molecular formula is C9H14N4O.